The number of hydrogen-bond donors (Lipinski definition) is 2. The van der Waals surface area contributed by atoms with Crippen LogP contribution >= 0.6 is 11.6 Å². The second kappa shape index (κ2) is 5.54. The molecule has 1 aromatic carbocycles. The smallest absolute Gasteiger partial charge is 0.271 e. The molecule has 0 aliphatic carbocycles. The van der Waals surface area contributed by atoms with Gasteiger partial charge in [0.25, 0.3) is 5.69 Å². The molecule has 0 amide bonds. The summed E-state index contributed by atoms with van der Waals surface area (Å²) in [5.41, 5.74) is 0.430. The van der Waals surface area contributed by atoms with E-state index >= 15 is 0 Å². The lowest BCUT2D eigenvalue weighted by atomic mass is 10.0. The van der Waals surface area contributed by atoms with Gasteiger partial charge in [-0.05, 0) is 25.8 Å². The Labute approximate surface area is 111 Å². The van der Waals surface area contributed by atoms with Crippen molar-refractivity contribution in [2.75, 3.05) is 11.9 Å². The van der Waals surface area contributed by atoms with Crippen LogP contribution in [0, 0.1) is 17.0 Å². The molecule has 1 aromatic rings. The van der Waals surface area contributed by atoms with Gasteiger partial charge in [0, 0.05) is 18.7 Å². The second-order valence-electron chi connectivity index (χ2n) is 4.58. The number of aliphatic hydroxyl groups is 1. The first kappa shape index (κ1) is 14.7. The summed E-state index contributed by atoms with van der Waals surface area (Å²) in [6, 6.07) is 2.76. The highest BCUT2D eigenvalue weighted by Gasteiger charge is 2.19. The molecule has 0 saturated heterocycles. The fourth-order valence-corrected chi connectivity index (χ4v) is 1.79. The van der Waals surface area contributed by atoms with E-state index in [-0.39, 0.29) is 10.7 Å². The molecule has 2 N–H and O–H groups in total. The predicted octanol–water partition coefficient (Wildman–Crippen LogP) is 3.13. The highest BCUT2D eigenvalue weighted by atomic mass is 35.5. The molecule has 0 aliphatic heterocycles. The number of nitro groups is 1. The Morgan fingerprint density at radius 1 is 1.56 bits per heavy atom. The Balaban J connectivity index is 2.94. The summed E-state index contributed by atoms with van der Waals surface area (Å²) < 4.78 is 0. The molecular formula is C12H17ClN2O3. The zero-order chi connectivity index (χ0) is 13.9. The first-order valence-electron chi connectivity index (χ1n) is 5.67. The Morgan fingerprint density at radius 2 is 2.17 bits per heavy atom. The minimum Gasteiger partial charge on any atom is -0.388 e. The van der Waals surface area contributed by atoms with Crippen molar-refractivity contribution in [3.63, 3.8) is 0 Å². The molecular weight excluding hydrogens is 256 g/mol. The normalized spacial score (nSPS) is 14.1. The number of benzene rings is 1. The average Bonchev–Trinajstić information content (AvgIpc) is 2.27. The highest BCUT2D eigenvalue weighted by Crippen LogP contribution is 2.31. The van der Waals surface area contributed by atoms with Crippen molar-refractivity contribution in [2.45, 2.75) is 32.8 Å². The fraction of sp³-hybridized carbons (Fsp3) is 0.500. The number of nitrogens with one attached hydrogen (secondary N) is 1. The molecule has 1 atom stereocenters. The van der Waals surface area contributed by atoms with Gasteiger partial charge < -0.3 is 10.4 Å². The summed E-state index contributed by atoms with van der Waals surface area (Å²) in [7, 11) is 0. The average molecular weight is 273 g/mol. The van der Waals surface area contributed by atoms with E-state index in [9.17, 15) is 15.2 Å². The van der Waals surface area contributed by atoms with Crippen LogP contribution in [0.3, 0.4) is 0 Å². The van der Waals surface area contributed by atoms with Crippen molar-refractivity contribution < 1.29 is 10.0 Å². The van der Waals surface area contributed by atoms with Crippen molar-refractivity contribution >= 4 is 23.0 Å². The Hall–Kier alpha value is -1.33. The van der Waals surface area contributed by atoms with E-state index in [2.05, 4.69) is 5.32 Å². The van der Waals surface area contributed by atoms with Crippen LogP contribution in [0.15, 0.2) is 12.1 Å². The van der Waals surface area contributed by atoms with E-state index in [1.165, 1.54) is 12.1 Å². The summed E-state index contributed by atoms with van der Waals surface area (Å²) in [5.74, 6) is 0. The van der Waals surface area contributed by atoms with Crippen LogP contribution in [-0.4, -0.2) is 22.2 Å². The van der Waals surface area contributed by atoms with Crippen molar-refractivity contribution in [2.24, 2.45) is 0 Å². The number of anilines is 1. The van der Waals surface area contributed by atoms with Crippen molar-refractivity contribution in [1.82, 2.24) is 0 Å². The summed E-state index contributed by atoms with van der Waals surface area (Å²) >= 11 is 6.00. The van der Waals surface area contributed by atoms with Gasteiger partial charge in [-0.3, -0.25) is 10.1 Å². The zero-order valence-electron chi connectivity index (χ0n) is 10.7. The van der Waals surface area contributed by atoms with Gasteiger partial charge in [-0.15, -0.1) is 0 Å². The number of rotatable bonds is 5. The van der Waals surface area contributed by atoms with E-state index in [0.29, 0.717) is 24.2 Å². The molecule has 0 radical (unpaired) electrons. The lowest BCUT2D eigenvalue weighted by molar-refractivity contribution is -0.384. The molecule has 0 aromatic heterocycles. The molecule has 18 heavy (non-hydrogen) atoms. The molecule has 0 aliphatic rings. The largest absolute Gasteiger partial charge is 0.388 e. The third-order valence-corrected chi connectivity index (χ3v) is 3.19. The first-order chi connectivity index (χ1) is 8.26. The number of halogens is 1. The number of hydrogen-bond acceptors (Lipinski definition) is 4. The van der Waals surface area contributed by atoms with Gasteiger partial charge in [0.1, 0.15) is 0 Å². The van der Waals surface area contributed by atoms with Gasteiger partial charge in [0.2, 0.25) is 0 Å². The molecule has 1 rings (SSSR count). The van der Waals surface area contributed by atoms with E-state index < -0.39 is 10.5 Å². The van der Waals surface area contributed by atoms with E-state index in [4.69, 9.17) is 11.6 Å². The third kappa shape index (κ3) is 3.58. The van der Waals surface area contributed by atoms with Gasteiger partial charge >= 0.3 is 0 Å². The third-order valence-electron chi connectivity index (χ3n) is 2.89. The van der Waals surface area contributed by atoms with Crippen LogP contribution < -0.4 is 5.32 Å². The number of nitrogens with zero attached hydrogens (tertiary/aromatic N) is 1. The molecule has 1 unspecified atom stereocenters. The number of nitro benzene ring substituents is 1. The number of non-ortho nitro benzene ring substituents is 1. The maximum atomic E-state index is 10.7. The minimum atomic E-state index is -0.836. The molecule has 0 spiro atoms. The van der Waals surface area contributed by atoms with Gasteiger partial charge in [0.15, 0.2) is 0 Å². The van der Waals surface area contributed by atoms with E-state index in [1.54, 1.807) is 13.8 Å². The van der Waals surface area contributed by atoms with Gasteiger partial charge in [-0.25, -0.2) is 0 Å². The summed E-state index contributed by atoms with van der Waals surface area (Å²) in [4.78, 5) is 10.2. The van der Waals surface area contributed by atoms with Crippen molar-refractivity contribution in [1.29, 1.82) is 0 Å². The van der Waals surface area contributed by atoms with Gasteiger partial charge in [-0.2, -0.15) is 0 Å². The van der Waals surface area contributed by atoms with Gasteiger partial charge in [0.05, 0.1) is 21.2 Å². The highest BCUT2D eigenvalue weighted by molar-refractivity contribution is 6.33. The maximum absolute atomic E-state index is 10.7. The summed E-state index contributed by atoms with van der Waals surface area (Å²) in [6.45, 7) is 5.67. The maximum Gasteiger partial charge on any atom is 0.271 e. The topological polar surface area (TPSA) is 75.4 Å². The van der Waals surface area contributed by atoms with Crippen LogP contribution in [0.5, 0.6) is 0 Å². The van der Waals surface area contributed by atoms with Crippen LogP contribution in [0.2, 0.25) is 5.02 Å². The molecule has 5 nitrogen and oxygen atoms in total. The Kier molecular flexibility index (Phi) is 4.53. The monoisotopic (exact) mass is 272 g/mol. The Morgan fingerprint density at radius 3 is 2.61 bits per heavy atom. The van der Waals surface area contributed by atoms with E-state index in [1.807, 2.05) is 6.92 Å². The van der Waals surface area contributed by atoms with Gasteiger partial charge in [-0.1, -0.05) is 18.5 Å². The second-order valence-corrected chi connectivity index (χ2v) is 4.99. The van der Waals surface area contributed by atoms with Crippen LogP contribution in [0.4, 0.5) is 11.4 Å². The van der Waals surface area contributed by atoms with E-state index in [0.717, 1.165) is 0 Å². The molecule has 0 heterocycles. The minimum absolute atomic E-state index is 0.0368. The molecule has 6 heteroatoms. The molecule has 0 bridgehead atoms. The molecule has 0 fully saturated rings. The lowest BCUT2D eigenvalue weighted by Crippen LogP contribution is -2.32. The van der Waals surface area contributed by atoms with Crippen LogP contribution in [-0.2, 0) is 0 Å². The SMILES string of the molecule is CCC(C)(O)CNc1c(C)cc([N+](=O)[O-])cc1Cl. The van der Waals surface area contributed by atoms with Crippen molar-refractivity contribution in [3.05, 3.63) is 32.8 Å². The standard InChI is InChI=1S/C12H17ClN2O3/c1-4-12(3,16)7-14-11-8(2)5-9(15(17)18)6-10(11)13/h5-6,14,16H,4,7H2,1-3H3. The molecule has 100 valence electrons. The predicted molar refractivity (Wildman–Crippen MR) is 72.2 cm³/mol. The fourth-order valence-electron chi connectivity index (χ4n) is 1.46. The summed E-state index contributed by atoms with van der Waals surface area (Å²) in [5, 5.41) is 23.9. The van der Waals surface area contributed by atoms with Crippen molar-refractivity contribution in [3.8, 4) is 0 Å². The Bertz CT molecular complexity index is 438. The first-order valence-corrected chi connectivity index (χ1v) is 6.05. The number of aryl methyl sites for hydroxylation is 1. The quantitative estimate of drug-likeness (QED) is 0.638. The van der Waals surface area contributed by atoms with Crippen LogP contribution in [0.25, 0.3) is 0 Å². The van der Waals surface area contributed by atoms with Crippen LogP contribution in [0.1, 0.15) is 25.8 Å². The zero-order valence-corrected chi connectivity index (χ0v) is 11.4. The molecule has 0 saturated carbocycles. The summed E-state index contributed by atoms with van der Waals surface area (Å²) in [6.07, 6.45) is 0.601. The lowest BCUT2D eigenvalue weighted by Gasteiger charge is -2.23.